The van der Waals surface area contributed by atoms with Gasteiger partial charge in [0, 0.05) is 17.7 Å². The van der Waals surface area contributed by atoms with Crippen LogP contribution in [0.3, 0.4) is 0 Å². The summed E-state index contributed by atoms with van der Waals surface area (Å²) in [4.78, 5) is 0. The maximum atomic E-state index is 12.9. The van der Waals surface area contributed by atoms with Gasteiger partial charge in [-0.25, -0.2) is 0 Å². The molecule has 1 aliphatic heterocycles. The van der Waals surface area contributed by atoms with Gasteiger partial charge < -0.3 is 13.9 Å². The Hall–Kier alpha value is -2.87. The summed E-state index contributed by atoms with van der Waals surface area (Å²) in [6.45, 7) is 1.22. The molecule has 0 amide bonds. The highest BCUT2D eigenvalue weighted by Gasteiger charge is 2.30. The zero-order valence-corrected chi connectivity index (χ0v) is 14.8. The fraction of sp³-hybridized carbons (Fsp3) is 0.300. The second-order valence-corrected chi connectivity index (χ2v) is 6.46. The third-order valence-electron chi connectivity index (χ3n) is 4.40. The number of aromatic nitrogens is 2. The molecule has 0 saturated carbocycles. The summed E-state index contributed by atoms with van der Waals surface area (Å²) in [6, 6.07) is 11.9. The van der Waals surface area contributed by atoms with Crippen molar-refractivity contribution in [3.8, 4) is 28.7 Å². The first kappa shape index (κ1) is 18.5. The van der Waals surface area contributed by atoms with Crippen molar-refractivity contribution < 1.29 is 27.1 Å². The van der Waals surface area contributed by atoms with Gasteiger partial charge in [-0.2, -0.15) is 13.2 Å². The van der Waals surface area contributed by atoms with E-state index < -0.39 is 11.7 Å². The van der Waals surface area contributed by atoms with Gasteiger partial charge in [-0.05, 0) is 49.2 Å². The van der Waals surface area contributed by atoms with Gasteiger partial charge in [0.25, 0.3) is 0 Å². The predicted octanol–water partition coefficient (Wildman–Crippen LogP) is 4.98. The van der Waals surface area contributed by atoms with E-state index >= 15 is 0 Å². The first-order valence-corrected chi connectivity index (χ1v) is 8.85. The molecule has 146 valence electrons. The van der Waals surface area contributed by atoms with Crippen molar-refractivity contribution in [3.63, 3.8) is 0 Å². The molecule has 5 nitrogen and oxygen atoms in total. The van der Waals surface area contributed by atoms with Crippen molar-refractivity contribution in [2.24, 2.45) is 0 Å². The number of nitrogens with zero attached hydrogens (tertiary/aromatic N) is 2. The molecule has 4 rings (SSSR count). The standard InChI is InChI=1S/C20H17F3N2O3/c21-20(22,23)15-6-1-4-13(10-15)18-24-25-19(28-18)14-5-2-7-16(11-14)27-12-17-8-3-9-26-17/h1-2,4-7,10-11,17H,3,8-9,12H2. The van der Waals surface area contributed by atoms with Crippen LogP contribution in [0.15, 0.2) is 52.9 Å². The van der Waals surface area contributed by atoms with E-state index in [9.17, 15) is 13.2 Å². The van der Waals surface area contributed by atoms with Crippen LogP contribution in [0.5, 0.6) is 5.75 Å². The molecule has 2 heterocycles. The minimum atomic E-state index is -4.44. The van der Waals surface area contributed by atoms with Gasteiger partial charge in [-0.1, -0.05) is 12.1 Å². The van der Waals surface area contributed by atoms with Crippen LogP contribution in [-0.2, 0) is 10.9 Å². The number of ether oxygens (including phenoxy) is 2. The Balaban J connectivity index is 1.52. The maximum absolute atomic E-state index is 12.9. The molecule has 0 aliphatic carbocycles. The van der Waals surface area contributed by atoms with E-state index in [-0.39, 0.29) is 23.4 Å². The van der Waals surface area contributed by atoms with E-state index in [2.05, 4.69) is 10.2 Å². The lowest BCUT2D eigenvalue weighted by Gasteiger charge is -2.11. The van der Waals surface area contributed by atoms with Gasteiger partial charge in [-0.3, -0.25) is 0 Å². The first-order valence-electron chi connectivity index (χ1n) is 8.85. The van der Waals surface area contributed by atoms with Crippen LogP contribution < -0.4 is 4.74 Å². The lowest BCUT2D eigenvalue weighted by atomic mass is 10.1. The summed E-state index contributed by atoms with van der Waals surface area (Å²) < 4.78 is 55.6. The van der Waals surface area contributed by atoms with E-state index in [1.54, 1.807) is 18.2 Å². The Kier molecular flexibility index (Phi) is 5.04. The maximum Gasteiger partial charge on any atom is 0.416 e. The molecule has 0 bridgehead atoms. The number of benzene rings is 2. The summed E-state index contributed by atoms with van der Waals surface area (Å²) in [7, 11) is 0. The lowest BCUT2D eigenvalue weighted by molar-refractivity contribution is -0.137. The average Bonchev–Trinajstić information content (AvgIpc) is 3.38. The largest absolute Gasteiger partial charge is 0.491 e. The number of hydrogen-bond acceptors (Lipinski definition) is 5. The summed E-state index contributed by atoms with van der Waals surface area (Å²) in [5.41, 5.74) is 0.0595. The van der Waals surface area contributed by atoms with Crippen molar-refractivity contribution in [2.45, 2.75) is 25.1 Å². The highest BCUT2D eigenvalue weighted by molar-refractivity contribution is 5.60. The summed E-state index contributed by atoms with van der Waals surface area (Å²) >= 11 is 0. The number of alkyl halides is 3. The molecule has 3 aromatic rings. The second kappa shape index (κ2) is 7.63. The minimum absolute atomic E-state index is 0.0202. The monoisotopic (exact) mass is 390 g/mol. The normalized spacial score (nSPS) is 17.0. The van der Waals surface area contributed by atoms with E-state index in [1.165, 1.54) is 12.1 Å². The van der Waals surface area contributed by atoms with Crippen molar-refractivity contribution in [1.29, 1.82) is 0 Å². The molecule has 28 heavy (non-hydrogen) atoms. The molecule has 1 aliphatic rings. The van der Waals surface area contributed by atoms with Crippen molar-refractivity contribution >= 4 is 0 Å². The first-order chi connectivity index (χ1) is 13.5. The number of halogens is 3. The Morgan fingerprint density at radius 2 is 1.71 bits per heavy atom. The van der Waals surface area contributed by atoms with Crippen LogP contribution >= 0.6 is 0 Å². The highest BCUT2D eigenvalue weighted by atomic mass is 19.4. The molecule has 0 spiro atoms. The van der Waals surface area contributed by atoms with Gasteiger partial charge in [0.15, 0.2) is 0 Å². The summed E-state index contributed by atoms with van der Waals surface area (Å²) in [6.07, 6.45) is -2.33. The zero-order valence-electron chi connectivity index (χ0n) is 14.8. The lowest BCUT2D eigenvalue weighted by Crippen LogP contribution is -2.16. The van der Waals surface area contributed by atoms with Crippen LogP contribution in [0.25, 0.3) is 22.9 Å². The molecule has 1 unspecified atom stereocenters. The van der Waals surface area contributed by atoms with Crippen molar-refractivity contribution in [1.82, 2.24) is 10.2 Å². The van der Waals surface area contributed by atoms with E-state index in [0.29, 0.717) is 17.9 Å². The van der Waals surface area contributed by atoms with Crippen LogP contribution in [0.4, 0.5) is 13.2 Å². The molecule has 0 N–H and O–H groups in total. The van der Waals surface area contributed by atoms with Gasteiger partial charge >= 0.3 is 6.18 Å². The Morgan fingerprint density at radius 3 is 2.39 bits per heavy atom. The predicted molar refractivity (Wildman–Crippen MR) is 94.6 cm³/mol. The third kappa shape index (κ3) is 4.17. The fourth-order valence-electron chi connectivity index (χ4n) is 2.97. The molecule has 0 radical (unpaired) electrons. The number of rotatable bonds is 5. The molecule has 8 heteroatoms. The van der Waals surface area contributed by atoms with Crippen LogP contribution in [0, 0.1) is 0 Å². The van der Waals surface area contributed by atoms with Gasteiger partial charge in [-0.15, -0.1) is 10.2 Å². The van der Waals surface area contributed by atoms with Gasteiger partial charge in [0.05, 0.1) is 11.7 Å². The second-order valence-electron chi connectivity index (χ2n) is 6.46. The summed E-state index contributed by atoms with van der Waals surface area (Å²) in [5.74, 6) is 0.855. The van der Waals surface area contributed by atoms with E-state index in [0.717, 1.165) is 31.6 Å². The topological polar surface area (TPSA) is 57.4 Å². The molecular formula is C20H17F3N2O3. The van der Waals surface area contributed by atoms with Crippen molar-refractivity contribution in [3.05, 3.63) is 54.1 Å². The quantitative estimate of drug-likeness (QED) is 0.615. The molecule has 1 fully saturated rings. The molecule has 2 aromatic carbocycles. The van der Waals surface area contributed by atoms with Crippen molar-refractivity contribution in [2.75, 3.05) is 13.2 Å². The number of hydrogen-bond donors (Lipinski definition) is 0. The molecule has 1 aromatic heterocycles. The van der Waals surface area contributed by atoms with Crippen LogP contribution in [-0.4, -0.2) is 29.5 Å². The fourth-order valence-corrected chi connectivity index (χ4v) is 2.97. The Bertz CT molecular complexity index is 950. The Morgan fingerprint density at radius 1 is 1.00 bits per heavy atom. The third-order valence-corrected chi connectivity index (χ3v) is 4.40. The summed E-state index contributed by atoms with van der Waals surface area (Å²) in [5, 5.41) is 7.84. The molecule has 1 saturated heterocycles. The SMILES string of the molecule is FC(F)(F)c1cccc(-c2nnc(-c3cccc(OCC4CCCO4)c3)o2)c1. The zero-order chi connectivity index (χ0) is 19.6. The van der Waals surface area contributed by atoms with Gasteiger partial charge in [0.2, 0.25) is 11.8 Å². The minimum Gasteiger partial charge on any atom is -0.491 e. The Labute approximate surface area is 159 Å². The van der Waals surface area contributed by atoms with Gasteiger partial charge in [0.1, 0.15) is 12.4 Å². The average molecular weight is 390 g/mol. The van der Waals surface area contributed by atoms with Crippen LogP contribution in [0.1, 0.15) is 18.4 Å². The van der Waals surface area contributed by atoms with E-state index in [1.807, 2.05) is 6.07 Å². The smallest absolute Gasteiger partial charge is 0.416 e. The molecule has 1 atom stereocenters. The van der Waals surface area contributed by atoms with E-state index in [4.69, 9.17) is 13.9 Å². The highest BCUT2D eigenvalue weighted by Crippen LogP contribution is 2.33. The molecular weight excluding hydrogens is 373 g/mol. The van der Waals surface area contributed by atoms with Crippen LogP contribution in [0.2, 0.25) is 0 Å².